The van der Waals surface area contributed by atoms with E-state index < -0.39 is 0 Å². The number of aryl methyl sites for hydroxylation is 1. The zero-order valence-corrected chi connectivity index (χ0v) is 9.55. The first-order chi connectivity index (χ1) is 6.59. The van der Waals surface area contributed by atoms with Crippen molar-refractivity contribution in [1.82, 2.24) is 9.55 Å². The Morgan fingerprint density at radius 2 is 2.21 bits per heavy atom. The number of aromatic nitrogens is 2. The van der Waals surface area contributed by atoms with Crippen LogP contribution in [-0.4, -0.2) is 9.55 Å². The molecule has 14 heavy (non-hydrogen) atoms. The Bertz CT molecular complexity index is 476. The molecule has 0 saturated heterocycles. The van der Waals surface area contributed by atoms with Gasteiger partial charge in [0.15, 0.2) is 0 Å². The Morgan fingerprint density at radius 3 is 2.86 bits per heavy atom. The fourth-order valence-electron chi connectivity index (χ4n) is 1.55. The zero-order valence-electron chi connectivity index (χ0n) is 7.96. The lowest BCUT2D eigenvalue weighted by Crippen LogP contribution is -1.97. The van der Waals surface area contributed by atoms with E-state index in [-0.39, 0.29) is 10.6 Å². The number of hydrogen-bond acceptors (Lipinski definition) is 1. The lowest BCUT2D eigenvalue weighted by atomic mass is 10.3. The summed E-state index contributed by atoms with van der Waals surface area (Å²) in [5.41, 5.74) is 1.65. The Balaban J connectivity index is 2.73. The third-order valence-corrected chi connectivity index (χ3v) is 2.64. The van der Waals surface area contributed by atoms with Gasteiger partial charge in [0.1, 0.15) is 11.6 Å². The summed E-state index contributed by atoms with van der Waals surface area (Å²) in [4.78, 5) is 4.52. The molecule has 0 fully saturated rings. The highest BCUT2D eigenvalue weighted by molar-refractivity contribution is 9.09. The SMILES string of the molecule is CC(Br)c1nc2cc(F)ccc2n1C. The lowest BCUT2D eigenvalue weighted by Gasteiger charge is -2.02. The monoisotopic (exact) mass is 256 g/mol. The van der Waals surface area contributed by atoms with Crippen molar-refractivity contribution in [2.75, 3.05) is 0 Å². The molecule has 0 radical (unpaired) electrons. The van der Waals surface area contributed by atoms with Gasteiger partial charge in [-0.05, 0) is 19.1 Å². The van der Waals surface area contributed by atoms with Gasteiger partial charge in [0, 0.05) is 13.1 Å². The normalized spacial score (nSPS) is 13.4. The predicted molar refractivity (Wildman–Crippen MR) is 58.0 cm³/mol. The molecule has 0 aliphatic carbocycles. The topological polar surface area (TPSA) is 17.8 Å². The van der Waals surface area contributed by atoms with Crippen molar-refractivity contribution in [3.05, 3.63) is 29.8 Å². The van der Waals surface area contributed by atoms with E-state index >= 15 is 0 Å². The number of rotatable bonds is 1. The summed E-state index contributed by atoms with van der Waals surface area (Å²) >= 11 is 3.45. The van der Waals surface area contributed by atoms with Gasteiger partial charge in [-0.3, -0.25) is 0 Å². The second-order valence-electron chi connectivity index (χ2n) is 3.28. The second-order valence-corrected chi connectivity index (χ2v) is 4.65. The Kier molecular flexibility index (Phi) is 2.31. The van der Waals surface area contributed by atoms with Gasteiger partial charge < -0.3 is 4.57 Å². The van der Waals surface area contributed by atoms with Crippen LogP contribution in [0.3, 0.4) is 0 Å². The van der Waals surface area contributed by atoms with Crippen LogP contribution < -0.4 is 0 Å². The van der Waals surface area contributed by atoms with Gasteiger partial charge in [0.05, 0.1) is 15.9 Å². The van der Waals surface area contributed by atoms with E-state index in [1.807, 2.05) is 18.5 Å². The summed E-state index contributed by atoms with van der Waals surface area (Å²) in [6.45, 7) is 2.00. The van der Waals surface area contributed by atoms with E-state index in [1.165, 1.54) is 12.1 Å². The largest absolute Gasteiger partial charge is 0.330 e. The Hall–Kier alpha value is -0.900. The van der Waals surface area contributed by atoms with Crippen LogP contribution >= 0.6 is 15.9 Å². The number of imidazole rings is 1. The molecule has 0 N–H and O–H groups in total. The van der Waals surface area contributed by atoms with Crippen LogP contribution in [-0.2, 0) is 7.05 Å². The number of benzene rings is 1. The quantitative estimate of drug-likeness (QED) is 0.717. The van der Waals surface area contributed by atoms with Gasteiger partial charge >= 0.3 is 0 Å². The average Bonchev–Trinajstić information content (AvgIpc) is 2.43. The van der Waals surface area contributed by atoms with Crippen LogP contribution in [0.2, 0.25) is 0 Å². The number of fused-ring (bicyclic) bond motifs is 1. The van der Waals surface area contributed by atoms with Crippen molar-refractivity contribution >= 4 is 27.0 Å². The number of alkyl halides is 1. The maximum Gasteiger partial charge on any atom is 0.125 e. The minimum absolute atomic E-state index is 0.169. The molecule has 0 saturated carbocycles. The summed E-state index contributed by atoms with van der Waals surface area (Å²) in [5.74, 6) is 0.662. The minimum Gasteiger partial charge on any atom is -0.330 e. The van der Waals surface area contributed by atoms with E-state index in [0.717, 1.165) is 11.3 Å². The summed E-state index contributed by atoms with van der Waals surface area (Å²) in [6, 6.07) is 4.65. The fourth-order valence-corrected chi connectivity index (χ4v) is 1.96. The molecule has 1 unspecified atom stereocenters. The molecule has 0 aliphatic heterocycles. The third-order valence-electron chi connectivity index (χ3n) is 2.23. The van der Waals surface area contributed by atoms with Gasteiger partial charge in [0.2, 0.25) is 0 Å². The smallest absolute Gasteiger partial charge is 0.125 e. The Labute approximate surface area is 89.9 Å². The maximum absolute atomic E-state index is 12.9. The Morgan fingerprint density at radius 1 is 1.50 bits per heavy atom. The van der Waals surface area contributed by atoms with Gasteiger partial charge in [-0.1, -0.05) is 15.9 Å². The highest BCUT2D eigenvalue weighted by atomic mass is 79.9. The summed E-state index contributed by atoms with van der Waals surface area (Å²) in [7, 11) is 1.93. The number of halogens is 2. The van der Waals surface area contributed by atoms with Crippen molar-refractivity contribution in [2.24, 2.45) is 7.05 Å². The van der Waals surface area contributed by atoms with E-state index in [2.05, 4.69) is 20.9 Å². The first-order valence-corrected chi connectivity index (χ1v) is 5.27. The molecular formula is C10H10BrFN2. The van der Waals surface area contributed by atoms with Crippen LogP contribution in [0, 0.1) is 5.82 Å². The predicted octanol–water partition coefficient (Wildman–Crippen LogP) is 3.17. The summed E-state index contributed by atoms with van der Waals surface area (Å²) < 4.78 is 14.9. The maximum atomic E-state index is 12.9. The van der Waals surface area contributed by atoms with Crippen molar-refractivity contribution in [3.63, 3.8) is 0 Å². The van der Waals surface area contributed by atoms with Crippen molar-refractivity contribution in [2.45, 2.75) is 11.8 Å². The molecular weight excluding hydrogens is 247 g/mol. The molecule has 0 spiro atoms. The van der Waals surface area contributed by atoms with Crippen LogP contribution in [0.4, 0.5) is 4.39 Å². The van der Waals surface area contributed by atoms with E-state index in [9.17, 15) is 4.39 Å². The fraction of sp³-hybridized carbons (Fsp3) is 0.300. The standard InChI is InChI=1S/C10H10BrFN2/c1-6(11)10-13-8-5-7(12)3-4-9(8)14(10)2/h3-6H,1-2H3. The van der Waals surface area contributed by atoms with Gasteiger partial charge in [-0.15, -0.1) is 0 Å². The van der Waals surface area contributed by atoms with E-state index in [0.29, 0.717) is 5.52 Å². The van der Waals surface area contributed by atoms with Crippen LogP contribution in [0.1, 0.15) is 17.6 Å². The molecule has 1 aromatic heterocycles. The highest BCUT2D eigenvalue weighted by Crippen LogP contribution is 2.24. The third kappa shape index (κ3) is 1.43. The molecule has 0 aliphatic rings. The average molecular weight is 257 g/mol. The number of hydrogen-bond donors (Lipinski definition) is 0. The first-order valence-electron chi connectivity index (χ1n) is 4.35. The van der Waals surface area contributed by atoms with Gasteiger partial charge in [-0.25, -0.2) is 9.37 Å². The first kappa shape index (κ1) is 9.65. The minimum atomic E-state index is -0.246. The molecule has 4 heteroatoms. The molecule has 1 aromatic carbocycles. The molecule has 1 heterocycles. The number of nitrogens with zero attached hydrogens (tertiary/aromatic N) is 2. The molecule has 74 valence electrons. The summed E-state index contributed by atoms with van der Waals surface area (Å²) in [5, 5.41) is 0. The molecule has 2 rings (SSSR count). The van der Waals surface area contributed by atoms with Gasteiger partial charge in [-0.2, -0.15) is 0 Å². The highest BCUT2D eigenvalue weighted by Gasteiger charge is 2.11. The van der Waals surface area contributed by atoms with Crippen LogP contribution in [0.25, 0.3) is 11.0 Å². The molecule has 1 atom stereocenters. The molecule has 0 bridgehead atoms. The van der Waals surface area contributed by atoms with Crippen molar-refractivity contribution in [1.29, 1.82) is 0 Å². The van der Waals surface area contributed by atoms with Gasteiger partial charge in [0.25, 0.3) is 0 Å². The van der Waals surface area contributed by atoms with Crippen LogP contribution in [0.15, 0.2) is 18.2 Å². The van der Waals surface area contributed by atoms with E-state index in [4.69, 9.17) is 0 Å². The summed E-state index contributed by atoms with van der Waals surface area (Å²) in [6.07, 6.45) is 0. The van der Waals surface area contributed by atoms with E-state index in [1.54, 1.807) is 6.07 Å². The van der Waals surface area contributed by atoms with Crippen LogP contribution in [0.5, 0.6) is 0 Å². The zero-order chi connectivity index (χ0) is 10.3. The molecule has 0 amide bonds. The molecule has 2 aromatic rings. The van der Waals surface area contributed by atoms with Crippen molar-refractivity contribution < 1.29 is 4.39 Å². The van der Waals surface area contributed by atoms with Crippen molar-refractivity contribution in [3.8, 4) is 0 Å². The second kappa shape index (κ2) is 3.35. The molecule has 2 nitrogen and oxygen atoms in total. The lowest BCUT2D eigenvalue weighted by molar-refractivity contribution is 0.629.